The second-order valence-electron chi connectivity index (χ2n) is 4.34. The molecule has 0 aromatic heterocycles. The molecule has 1 aromatic carbocycles. The minimum atomic E-state index is -0.825. The predicted octanol–water partition coefficient (Wildman–Crippen LogP) is 0.156. The van der Waals surface area contributed by atoms with Crippen molar-refractivity contribution < 1.29 is 9.90 Å². The Morgan fingerprint density at radius 2 is 2.17 bits per heavy atom. The minimum absolute atomic E-state index is 0.451. The maximum Gasteiger partial charge on any atom is 0.237 e. The van der Waals surface area contributed by atoms with Crippen molar-refractivity contribution in [3.8, 4) is 0 Å². The molecule has 1 aromatic rings. The molecular formula is C13H21N3O2. The molecule has 2 atom stereocenters. The number of carbonyl (C=O) groups excluding carboxylic acids is 1. The van der Waals surface area contributed by atoms with Crippen molar-refractivity contribution in [2.24, 2.45) is 5.73 Å². The maximum absolute atomic E-state index is 11.2. The zero-order chi connectivity index (χ0) is 13.7. The van der Waals surface area contributed by atoms with Crippen LogP contribution in [0.3, 0.4) is 0 Å². The van der Waals surface area contributed by atoms with Crippen LogP contribution >= 0.6 is 0 Å². The highest BCUT2D eigenvalue weighted by molar-refractivity contribution is 5.80. The highest BCUT2D eigenvalue weighted by Gasteiger charge is 2.20. The average Bonchev–Trinajstić information content (AvgIpc) is 2.28. The van der Waals surface area contributed by atoms with Gasteiger partial charge in [-0.05, 0) is 30.5 Å². The summed E-state index contributed by atoms with van der Waals surface area (Å²) in [6, 6.07) is 4.91. The number of amides is 1. The van der Waals surface area contributed by atoms with Gasteiger partial charge in [-0.3, -0.25) is 10.1 Å². The van der Waals surface area contributed by atoms with Crippen molar-refractivity contribution in [3.05, 3.63) is 29.3 Å². The number of anilines is 1. The first-order valence-corrected chi connectivity index (χ1v) is 6.04. The zero-order valence-corrected chi connectivity index (χ0v) is 10.8. The topological polar surface area (TPSA) is 101 Å². The number of nitrogens with one attached hydrogen (secondary N) is 1. The predicted molar refractivity (Wildman–Crippen MR) is 71.7 cm³/mol. The molecule has 0 aliphatic heterocycles. The third kappa shape index (κ3) is 3.45. The van der Waals surface area contributed by atoms with Crippen LogP contribution in [-0.4, -0.2) is 23.2 Å². The molecule has 6 N–H and O–H groups in total. The molecule has 2 unspecified atom stereocenters. The van der Waals surface area contributed by atoms with Crippen molar-refractivity contribution in [1.82, 2.24) is 5.32 Å². The maximum atomic E-state index is 11.2. The first-order valence-electron chi connectivity index (χ1n) is 6.04. The lowest BCUT2D eigenvalue weighted by Crippen LogP contribution is -2.48. The normalized spacial score (nSPS) is 14.2. The monoisotopic (exact) mass is 251 g/mol. The molecule has 0 heterocycles. The molecule has 5 heteroatoms. The van der Waals surface area contributed by atoms with Gasteiger partial charge >= 0.3 is 0 Å². The van der Waals surface area contributed by atoms with Gasteiger partial charge < -0.3 is 16.6 Å². The summed E-state index contributed by atoms with van der Waals surface area (Å²) in [4.78, 5) is 11.2. The van der Waals surface area contributed by atoms with Crippen molar-refractivity contribution in [2.75, 3.05) is 5.73 Å². The van der Waals surface area contributed by atoms with Gasteiger partial charge in [-0.1, -0.05) is 19.1 Å². The Hall–Kier alpha value is -1.59. The summed E-state index contributed by atoms with van der Waals surface area (Å²) in [6.45, 7) is 4.00. The van der Waals surface area contributed by atoms with E-state index in [0.29, 0.717) is 6.54 Å². The molecule has 0 fully saturated rings. The lowest BCUT2D eigenvalue weighted by Gasteiger charge is -2.19. The summed E-state index contributed by atoms with van der Waals surface area (Å²) >= 11 is 0. The van der Waals surface area contributed by atoms with Crippen LogP contribution in [-0.2, 0) is 17.8 Å². The molecule has 0 saturated carbocycles. The summed E-state index contributed by atoms with van der Waals surface area (Å²) in [5.74, 6) is -0.563. The van der Waals surface area contributed by atoms with Gasteiger partial charge in [0.05, 0.1) is 6.10 Å². The van der Waals surface area contributed by atoms with Crippen LogP contribution in [0.1, 0.15) is 25.0 Å². The van der Waals surface area contributed by atoms with Crippen LogP contribution in [0.25, 0.3) is 0 Å². The van der Waals surface area contributed by atoms with Gasteiger partial charge in [0, 0.05) is 12.2 Å². The Balaban J connectivity index is 2.79. The van der Waals surface area contributed by atoms with Crippen molar-refractivity contribution in [1.29, 1.82) is 0 Å². The molecule has 100 valence electrons. The molecule has 1 rings (SSSR count). The Morgan fingerprint density at radius 1 is 1.50 bits per heavy atom. The summed E-state index contributed by atoms with van der Waals surface area (Å²) in [7, 11) is 0. The van der Waals surface area contributed by atoms with Gasteiger partial charge in [-0.2, -0.15) is 0 Å². The summed E-state index contributed by atoms with van der Waals surface area (Å²) in [5.41, 5.74) is 13.9. The molecular weight excluding hydrogens is 230 g/mol. The third-order valence-corrected chi connectivity index (χ3v) is 2.96. The fraction of sp³-hybridized carbons (Fsp3) is 0.462. The molecule has 0 spiro atoms. The standard InChI is InChI=1S/C13H21N3O2/c1-3-10-9(5-4-6-11(10)14)7-16-12(8(2)17)13(15)18/h4-6,8,12,16-17H,3,7,14H2,1-2H3,(H2,15,18). The molecule has 0 bridgehead atoms. The number of aliphatic hydroxyl groups excluding tert-OH is 1. The summed E-state index contributed by atoms with van der Waals surface area (Å²) in [5, 5.41) is 12.4. The molecule has 0 saturated heterocycles. The lowest BCUT2D eigenvalue weighted by atomic mass is 10.0. The summed E-state index contributed by atoms with van der Waals surface area (Å²) in [6.07, 6.45) is -0.00629. The van der Waals surface area contributed by atoms with E-state index in [1.807, 2.05) is 25.1 Å². The van der Waals surface area contributed by atoms with Crippen LogP contribution in [0.4, 0.5) is 5.69 Å². The van der Waals surface area contributed by atoms with Gasteiger partial charge in [0.1, 0.15) is 6.04 Å². The van der Waals surface area contributed by atoms with E-state index in [-0.39, 0.29) is 0 Å². The minimum Gasteiger partial charge on any atom is -0.398 e. The van der Waals surface area contributed by atoms with E-state index in [1.165, 1.54) is 6.92 Å². The van der Waals surface area contributed by atoms with E-state index < -0.39 is 18.1 Å². The van der Waals surface area contributed by atoms with E-state index in [9.17, 15) is 9.90 Å². The van der Waals surface area contributed by atoms with Crippen molar-refractivity contribution in [2.45, 2.75) is 39.0 Å². The Labute approximate surface area is 107 Å². The van der Waals surface area contributed by atoms with Gasteiger partial charge in [-0.25, -0.2) is 0 Å². The van der Waals surface area contributed by atoms with E-state index in [4.69, 9.17) is 11.5 Å². The van der Waals surface area contributed by atoms with Gasteiger partial charge in [0.2, 0.25) is 5.91 Å². The number of benzene rings is 1. The quantitative estimate of drug-likeness (QED) is 0.541. The van der Waals surface area contributed by atoms with Crippen LogP contribution in [0.5, 0.6) is 0 Å². The third-order valence-electron chi connectivity index (χ3n) is 2.96. The second-order valence-corrected chi connectivity index (χ2v) is 4.34. The number of carbonyl (C=O) groups is 1. The van der Waals surface area contributed by atoms with Gasteiger partial charge in [0.15, 0.2) is 0 Å². The van der Waals surface area contributed by atoms with E-state index >= 15 is 0 Å². The molecule has 0 aliphatic rings. The SMILES string of the molecule is CCc1c(N)cccc1CNC(C(N)=O)C(C)O. The number of nitrogens with two attached hydrogens (primary N) is 2. The second kappa shape index (κ2) is 6.37. The zero-order valence-electron chi connectivity index (χ0n) is 10.8. The fourth-order valence-corrected chi connectivity index (χ4v) is 1.98. The molecule has 1 amide bonds. The largest absolute Gasteiger partial charge is 0.398 e. The van der Waals surface area contributed by atoms with Gasteiger partial charge in [0.25, 0.3) is 0 Å². The van der Waals surface area contributed by atoms with Crippen molar-refractivity contribution in [3.63, 3.8) is 0 Å². The smallest absolute Gasteiger partial charge is 0.237 e. The first kappa shape index (κ1) is 14.5. The lowest BCUT2D eigenvalue weighted by molar-refractivity contribution is -0.122. The van der Waals surface area contributed by atoms with Crippen LogP contribution < -0.4 is 16.8 Å². The first-order chi connectivity index (χ1) is 8.47. The van der Waals surface area contributed by atoms with Crippen LogP contribution in [0.2, 0.25) is 0 Å². The van der Waals surface area contributed by atoms with E-state index in [1.54, 1.807) is 0 Å². The Morgan fingerprint density at radius 3 is 2.67 bits per heavy atom. The Bertz CT molecular complexity index is 419. The van der Waals surface area contributed by atoms with E-state index in [0.717, 1.165) is 23.2 Å². The molecule has 5 nitrogen and oxygen atoms in total. The number of hydrogen-bond donors (Lipinski definition) is 4. The Kier molecular flexibility index (Phi) is 5.12. The van der Waals surface area contributed by atoms with Crippen LogP contribution in [0.15, 0.2) is 18.2 Å². The highest BCUT2D eigenvalue weighted by Crippen LogP contribution is 2.17. The fourth-order valence-electron chi connectivity index (χ4n) is 1.98. The highest BCUT2D eigenvalue weighted by atomic mass is 16.3. The molecule has 0 aliphatic carbocycles. The average molecular weight is 251 g/mol. The molecule has 18 heavy (non-hydrogen) atoms. The number of nitrogen functional groups attached to an aromatic ring is 1. The van der Waals surface area contributed by atoms with Crippen LogP contribution in [0, 0.1) is 0 Å². The van der Waals surface area contributed by atoms with E-state index in [2.05, 4.69) is 5.32 Å². The number of aliphatic hydroxyl groups is 1. The number of primary amides is 1. The summed E-state index contributed by atoms with van der Waals surface area (Å²) < 4.78 is 0. The number of hydrogen-bond acceptors (Lipinski definition) is 4. The number of rotatable bonds is 6. The van der Waals surface area contributed by atoms with Gasteiger partial charge in [-0.15, -0.1) is 0 Å². The van der Waals surface area contributed by atoms with Crippen molar-refractivity contribution >= 4 is 11.6 Å². The molecule has 0 radical (unpaired) electrons.